The molecule has 6 heteroatoms. The van der Waals surface area contributed by atoms with Crippen molar-refractivity contribution in [2.75, 3.05) is 25.5 Å². The predicted octanol–water partition coefficient (Wildman–Crippen LogP) is 3.95. The van der Waals surface area contributed by atoms with Crippen LogP contribution >= 0.6 is 15.9 Å². The Labute approximate surface area is 155 Å². The zero-order valence-electron chi connectivity index (χ0n) is 13.9. The van der Waals surface area contributed by atoms with E-state index in [1.165, 1.54) is 7.11 Å². The Kier molecular flexibility index (Phi) is 5.38. The molecule has 0 radical (unpaired) electrons. The normalized spacial score (nSPS) is 13.6. The van der Waals surface area contributed by atoms with E-state index in [-0.39, 0.29) is 11.8 Å². The topological polar surface area (TPSA) is 58.6 Å². The third kappa shape index (κ3) is 4.02. The van der Waals surface area contributed by atoms with Crippen LogP contribution in [-0.4, -0.2) is 36.9 Å². The fourth-order valence-corrected chi connectivity index (χ4v) is 3.22. The van der Waals surface area contributed by atoms with Crippen LogP contribution in [0.25, 0.3) is 0 Å². The number of nitrogens with zero attached hydrogens (tertiary/aromatic N) is 1. The highest BCUT2D eigenvalue weighted by Crippen LogP contribution is 2.24. The summed E-state index contributed by atoms with van der Waals surface area (Å²) in [5, 5.41) is 2.83. The van der Waals surface area contributed by atoms with Crippen molar-refractivity contribution in [3.05, 3.63) is 58.1 Å². The van der Waals surface area contributed by atoms with Crippen LogP contribution in [0.1, 0.15) is 33.6 Å². The number of benzene rings is 2. The molecular formula is C19H19BrN2O3. The van der Waals surface area contributed by atoms with Gasteiger partial charge in [-0.25, -0.2) is 0 Å². The summed E-state index contributed by atoms with van der Waals surface area (Å²) < 4.78 is 6.03. The van der Waals surface area contributed by atoms with Gasteiger partial charge in [-0.3, -0.25) is 9.59 Å². The van der Waals surface area contributed by atoms with Gasteiger partial charge in [0.1, 0.15) is 5.75 Å². The molecule has 130 valence electrons. The summed E-state index contributed by atoms with van der Waals surface area (Å²) in [4.78, 5) is 26.7. The average Bonchev–Trinajstić information content (AvgIpc) is 3.16. The number of anilines is 1. The molecule has 0 saturated carbocycles. The number of methoxy groups -OCH3 is 1. The zero-order chi connectivity index (χ0) is 17.8. The average molecular weight is 403 g/mol. The van der Waals surface area contributed by atoms with Crippen LogP contribution in [-0.2, 0) is 0 Å². The Hall–Kier alpha value is -2.34. The number of hydrogen-bond donors (Lipinski definition) is 1. The fraction of sp³-hybridized carbons (Fsp3) is 0.263. The quantitative estimate of drug-likeness (QED) is 0.841. The van der Waals surface area contributed by atoms with Gasteiger partial charge in [-0.2, -0.15) is 0 Å². The van der Waals surface area contributed by atoms with E-state index in [4.69, 9.17) is 4.74 Å². The molecule has 0 aromatic heterocycles. The summed E-state index contributed by atoms with van der Waals surface area (Å²) >= 11 is 3.36. The number of nitrogens with one attached hydrogen (secondary N) is 1. The van der Waals surface area contributed by atoms with Crippen molar-refractivity contribution in [1.82, 2.24) is 4.90 Å². The minimum absolute atomic E-state index is 0.0454. The number of amides is 2. The van der Waals surface area contributed by atoms with E-state index in [2.05, 4.69) is 21.2 Å². The van der Waals surface area contributed by atoms with E-state index in [1.807, 2.05) is 11.0 Å². The summed E-state index contributed by atoms with van der Waals surface area (Å²) in [5.41, 5.74) is 1.71. The first-order chi connectivity index (χ1) is 12.1. The molecule has 25 heavy (non-hydrogen) atoms. The van der Waals surface area contributed by atoms with Gasteiger partial charge in [-0.05, 0) is 55.3 Å². The Balaban J connectivity index is 1.72. The minimum atomic E-state index is -0.267. The third-order valence-electron chi connectivity index (χ3n) is 4.19. The molecule has 1 aliphatic heterocycles. The van der Waals surface area contributed by atoms with Crippen LogP contribution < -0.4 is 10.1 Å². The first-order valence-electron chi connectivity index (χ1n) is 8.13. The second-order valence-electron chi connectivity index (χ2n) is 5.88. The molecule has 1 fully saturated rings. The molecule has 0 aliphatic carbocycles. The molecule has 2 aromatic rings. The Morgan fingerprint density at radius 1 is 1.08 bits per heavy atom. The molecule has 1 heterocycles. The van der Waals surface area contributed by atoms with Crippen LogP contribution in [0.2, 0.25) is 0 Å². The van der Waals surface area contributed by atoms with Gasteiger partial charge in [0, 0.05) is 28.8 Å². The molecular weight excluding hydrogens is 384 g/mol. The molecule has 0 bridgehead atoms. The van der Waals surface area contributed by atoms with Crippen molar-refractivity contribution in [2.24, 2.45) is 0 Å². The lowest BCUT2D eigenvalue weighted by atomic mass is 10.1. The highest BCUT2D eigenvalue weighted by Gasteiger charge is 2.19. The maximum absolute atomic E-state index is 12.5. The SMILES string of the molecule is COc1ccc(Br)cc1C(=O)Nc1ccc(C(=O)N2CCCC2)cc1. The van der Waals surface area contributed by atoms with Gasteiger partial charge >= 0.3 is 0 Å². The largest absolute Gasteiger partial charge is 0.496 e. The fourth-order valence-electron chi connectivity index (χ4n) is 2.86. The molecule has 1 saturated heterocycles. The lowest BCUT2D eigenvalue weighted by molar-refractivity contribution is 0.0792. The number of carbonyl (C=O) groups is 2. The number of carbonyl (C=O) groups excluding carboxylic acids is 2. The van der Waals surface area contributed by atoms with E-state index >= 15 is 0 Å². The number of rotatable bonds is 4. The van der Waals surface area contributed by atoms with Crippen molar-refractivity contribution in [3.8, 4) is 5.75 Å². The van der Waals surface area contributed by atoms with Crippen LogP contribution in [0.15, 0.2) is 46.9 Å². The van der Waals surface area contributed by atoms with Gasteiger partial charge in [0.05, 0.1) is 12.7 Å². The molecule has 2 aromatic carbocycles. The minimum Gasteiger partial charge on any atom is -0.496 e. The Morgan fingerprint density at radius 3 is 2.40 bits per heavy atom. The van der Waals surface area contributed by atoms with Crippen molar-refractivity contribution in [3.63, 3.8) is 0 Å². The van der Waals surface area contributed by atoms with Crippen LogP contribution in [0.3, 0.4) is 0 Å². The summed E-state index contributed by atoms with van der Waals surface area (Å²) in [5.74, 6) is 0.280. The first kappa shape index (κ1) is 17.5. The van der Waals surface area contributed by atoms with Crippen molar-refractivity contribution < 1.29 is 14.3 Å². The van der Waals surface area contributed by atoms with Gasteiger partial charge in [0.2, 0.25) is 0 Å². The summed E-state index contributed by atoms with van der Waals surface area (Å²) in [7, 11) is 1.53. The number of hydrogen-bond acceptors (Lipinski definition) is 3. The summed E-state index contributed by atoms with van der Waals surface area (Å²) in [6.07, 6.45) is 2.13. The molecule has 1 aliphatic rings. The lowest BCUT2D eigenvalue weighted by Gasteiger charge is -2.15. The van der Waals surface area contributed by atoms with Gasteiger partial charge in [-0.1, -0.05) is 15.9 Å². The zero-order valence-corrected chi connectivity index (χ0v) is 15.5. The molecule has 0 atom stereocenters. The van der Waals surface area contributed by atoms with Crippen LogP contribution in [0, 0.1) is 0 Å². The highest BCUT2D eigenvalue weighted by atomic mass is 79.9. The van der Waals surface area contributed by atoms with Gasteiger partial charge in [0.15, 0.2) is 0 Å². The summed E-state index contributed by atoms with van der Waals surface area (Å²) in [6, 6.07) is 12.2. The molecule has 0 spiro atoms. The van der Waals surface area contributed by atoms with E-state index in [0.717, 1.165) is 30.4 Å². The van der Waals surface area contributed by atoms with Crippen molar-refractivity contribution >= 4 is 33.4 Å². The lowest BCUT2D eigenvalue weighted by Crippen LogP contribution is -2.27. The maximum Gasteiger partial charge on any atom is 0.259 e. The summed E-state index contributed by atoms with van der Waals surface area (Å²) in [6.45, 7) is 1.64. The second-order valence-corrected chi connectivity index (χ2v) is 6.79. The monoisotopic (exact) mass is 402 g/mol. The van der Waals surface area contributed by atoms with Gasteiger partial charge in [-0.15, -0.1) is 0 Å². The van der Waals surface area contributed by atoms with E-state index < -0.39 is 0 Å². The van der Waals surface area contributed by atoms with E-state index in [1.54, 1.807) is 36.4 Å². The Bertz CT molecular complexity index is 784. The van der Waals surface area contributed by atoms with E-state index in [9.17, 15) is 9.59 Å². The van der Waals surface area contributed by atoms with Gasteiger partial charge < -0.3 is 15.0 Å². The van der Waals surface area contributed by atoms with Crippen LogP contribution in [0.4, 0.5) is 5.69 Å². The number of halogens is 1. The van der Waals surface area contributed by atoms with Gasteiger partial charge in [0.25, 0.3) is 11.8 Å². The third-order valence-corrected chi connectivity index (χ3v) is 4.68. The molecule has 0 unspecified atom stereocenters. The maximum atomic E-state index is 12.5. The number of likely N-dealkylation sites (tertiary alicyclic amines) is 1. The van der Waals surface area contributed by atoms with Crippen molar-refractivity contribution in [2.45, 2.75) is 12.8 Å². The molecule has 3 rings (SSSR count). The predicted molar refractivity (Wildman–Crippen MR) is 100 cm³/mol. The second kappa shape index (κ2) is 7.70. The Morgan fingerprint density at radius 2 is 1.76 bits per heavy atom. The highest BCUT2D eigenvalue weighted by molar-refractivity contribution is 9.10. The molecule has 5 nitrogen and oxygen atoms in total. The smallest absolute Gasteiger partial charge is 0.259 e. The standard InChI is InChI=1S/C19H19BrN2O3/c1-25-17-9-6-14(20)12-16(17)18(23)21-15-7-4-13(5-8-15)19(24)22-10-2-3-11-22/h4-9,12H,2-3,10-11H2,1H3,(H,21,23). The first-order valence-corrected chi connectivity index (χ1v) is 8.92. The van der Waals surface area contributed by atoms with E-state index in [0.29, 0.717) is 22.6 Å². The number of ether oxygens (including phenoxy) is 1. The molecule has 2 amide bonds. The van der Waals surface area contributed by atoms with Crippen LogP contribution in [0.5, 0.6) is 5.75 Å². The molecule has 1 N–H and O–H groups in total. The van der Waals surface area contributed by atoms with Crippen molar-refractivity contribution in [1.29, 1.82) is 0 Å².